The SMILES string of the molecule is CCCCCCCCCCCCCCCCCC(=O)O[C@H](COC(=O)CCCCCCCCCCCCC)COP(=O)(O)OC[C@@H](O)COP(=O)(O)OC[C@@H](COC(=O)CCCCCCCCCCC)OC(=O)CCCCCCCCC(C)C. The molecule has 0 rings (SSSR count). The van der Waals surface area contributed by atoms with Crippen LogP contribution < -0.4 is 0 Å². The molecule has 0 amide bonds. The third-order valence-electron chi connectivity index (χ3n) is 15.0. The van der Waals surface area contributed by atoms with Crippen LogP contribution in [0, 0.1) is 5.92 Å². The van der Waals surface area contributed by atoms with Gasteiger partial charge in [0.05, 0.1) is 26.4 Å². The minimum Gasteiger partial charge on any atom is -0.462 e. The largest absolute Gasteiger partial charge is 0.472 e. The molecule has 0 heterocycles. The molecule has 0 aromatic rings. The van der Waals surface area contributed by atoms with Crippen molar-refractivity contribution >= 4 is 39.5 Å². The minimum absolute atomic E-state index is 0.102. The van der Waals surface area contributed by atoms with Crippen LogP contribution in [0.15, 0.2) is 0 Å². The molecular weight excluding hydrogens is 1110 g/mol. The molecule has 3 N–H and O–H groups in total. The second-order valence-corrected chi connectivity index (χ2v) is 26.9. The predicted octanol–water partition coefficient (Wildman–Crippen LogP) is 18.2. The summed E-state index contributed by atoms with van der Waals surface area (Å²) in [6, 6.07) is 0. The second kappa shape index (κ2) is 58.7. The molecule has 0 aliphatic carbocycles. The van der Waals surface area contributed by atoms with Gasteiger partial charge in [0.15, 0.2) is 12.2 Å². The van der Waals surface area contributed by atoms with E-state index >= 15 is 0 Å². The van der Waals surface area contributed by atoms with Crippen molar-refractivity contribution in [3.05, 3.63) is 0 Å². The van der Waals surface area contributed by atoms with E-state index in [4.69, 9.17) is 37.0 Å². The number of phosphoric acid groups is 2. The summed E-state index contributed by atoms with van der Waals surface area (Å²) in [5.74, 6) is -1.46. The lowest BCUT2D eigenvalue weighted by Gasteiger charge is -2.21. The fraction of sp³-hybridized carbons (Fsp3) is 0.938. The van der Waals surface area contributed by atoms with E-state index < -0.39 is 97.5 Å². The van der Waals surface area contributed by atoms with Gasteiger partial charge in [0.2, 0.25) is 0 Å². The van der Waals surface area contributed by atoms with Crippen molar-refractivity contribution in [3.8, 4) is 0 Å². The van der Waals surface area contributed by atoms with Gasteiger partial charge in [0.25, 0.3) is 0 Å². The number of aliphatic hydroxyl groups excluding tert-OH is 1. The molecule has 17 nitrogen and oxygen atoms in total. The number of esters is 4. The number of rotatable bonds is 65. The smallest absolute Gasteiger partial charge is 0.462 e. The van der Waals surface area contributed by atoms with Gasteiger partial charge in [-0.15, -0.1) is 0 Å². The average molecular weight is 1240 g/mol. The Morgan fingerprint density at radius 1 is 0.321 bits per heavy atom. The van der Waals surface area contributed by atoms with Crippen LogP contribution in [0.5, 0.6) is 0 Å². The third kappa shape index (κ3) is 59.0. The van der Waals surface area contributed by atoms with Crippen LogP contribution >= 0.6 is 15.6 Å². The van der Waals surface area contributed by atoms with Crippen molar-refractivity contribution in [2.24, 2.45) is 5.92 Å². The molecule has 0 aromatic carbocycles. The average Bonchev–Trinajstić information content (AvgIpc) is 3.46. The summed E-state index contributed by atoms with van der Waals surface area (Å²) in [4.78, 5) is 72.2. The van der Waals surface area contributed by atoms with Crippen LogP contribution in [0.4, 0.5) is 0 Å². The zero-order valence-corrected chi connectivity index (χ0v) is 55.8. The summed E-state index contributed by atoms with van der Waals surface area (Å²) < 4.78 is 68.0. The Kier molecular flexibility index (Phi) is 57.4. The molecule has 5 atom stereocenters. The Morgan fingerprint density at radius 3 is 0.810 bits per heavy atom. The van der Waals surface area contributed by atoms with Crippen LogP contribution in [0.2, 0.25) is 0 Å². The number of carbonyl (C=O) groups is 4. The number of hydrogen-bond donors (Lipinski definition) is 3. The fourth-order valence-electron chi connectivity index (χ4n) is 9.76. The topological polar surface area (TPSA) is 237 Å². The molecule has 0 radical (unpaired) electrons. The number of ether oxygens (including phenoxy) is 4. The molecule has 0 fully saturated rings. The number of unbranched alkanes of at least 4 members (excludes halogenated alkanes) is 37. The summed E-state index contributed by atoms with van der Waals surface area (Å²) in [5.41, 5.74) is 0. The van der Waals surface area contributed by atoms with Crippen molar-refractivity contribution in [3.63, 3.8) is 0 Å². The van der Waals surface area contributed by atoms with E-state index in [2.05, 4.69) is 34.6 Å². The Morgan fingerprint density at radius 2 is 0.548 bits per heavy atom. The highest BCUT2D eigenvalue weighted by molar-refractivity contribution is 7.47. The van der Waals surface area contributed by atoms with Crippen LogP contribution in [0.3, 0.4) is 0 Å². The molecule has 0 bridgehead atoms. The van der Waals surface area contributed by atoms with Crippen LogP contribution in [-0.4, -0.2) is 96.7 Å². The molecule has 0 aromatic heterocycles. The molecule has 2 unspecified atom stereocenters. The molecule has 498 valence electrons. The van der Waals surface area contributed by atoms with Gasteiger partial charge in [-0.05, 0) is 31.6 Å². The summed E-state index contributed by atoms with van der Waals surface area (Å²) in [6.45, 7) is 7.10. The zero-order valence-electron chi connectivity index (χ0n) is 54.0. The molecular formula is C65H126O17P2. The zero-order chi connectivity index (χ0) is 62.0. The van der Waals surface area contributed by atoms with Gasteiger partial charge in [-0.25, -0.2) is 9.13 Å². The Labute approximate surface area is 511 Å². The maximum atomic E-state index is 13.0. The lowest BCUT2D eigenvalue weighted by atomic mass is 10.0. The van der Waals surface area contributed by atoms with Gasteiger partial charge in [0.1, 0.15) is 19.3 Å². The van der Waals surface area contributed by atoms with Crippen LogP contribution in [0.25, 0.3) is 0 Å². The first kappa shape index (κ1) is 82.1. The van der Waals surface area contributed by atoms with Gasteiger partial charge in [-0.3, -0.25) is 37.3 Å². The first-order chi connectivity index (χ1) is 40.5. The molecule has 0 spiro atoms. The third-order valence-corrected chi connectivity index (χ3v) is 16.9. The number of hydrogen-bond acceptors (Lipinski definition) is 15. The fourth-order valence-corrected chi connectivity index (χ4v) is 11.3. The van der Waals surface area contributed by atoms with Gasteiger partial charge in [-0.1, -0.05) is 279 Å². The molecule has 0 aliphatic heterocycles. The first-order valence-corrected chi connectivity index (χ1v) is 37.1. The highest BCUT2D eigenvalue weighted by Gasteiger charge is 2.30. The van der Waals surface area contributed by atoms with Gasteiger partial charge in [-0.2, -0.15) is 0 Å². The van der Waals surface area contributed by atoms with Crippen molar-refractivity contribution in [1.29, 1.82) is 0 Å². The van der Waals surface area contributed by atoms with Gasteiger partial charge >= 0.3 is 39.5 Å². The van der Waals surface area contributed by atoms with Gasteiger partial charge in [0, 0.05) is 25.7 Å². The molecule has 0 saturated heterocycles. The maximum Gasteiger partial charge on any atom is 0.472 e. The van der Waals surface area contributed by atoms with E-state index in [0.717, 1.165) is 89.9 Å². The maximum absolute atomic E-state index is 13.0. The van der Waals surface area contributed by atoms with Crippen molar-refractivity contribution < 1.29 is 80.2 Å². The van der Waals surface area contributed by atoms with E-state index in [-0.39, 0.29) is 25.7 Å². The molecule has 84 heavy (non-hydrogen) atoms. The van der Waals surface area contributed by atoms with E-state index in [9.17, 15) is 43.2 Å². The van der Waals surface area contributed by atoms with Crippen molar-refractivity contribution in [2.45, 2.75) is 348 Å². The summed E-state index contributed by atoms with van der Waals surface area (Å²) in [5, 5.41) is 10.5. The highest BCUT2D eigenvalue weighted by Crippen LogP contribution is 2.45. The van der Waals surface area contributed by atoms with Crippen LogP contribution in [0.1, 0.15) is 330 Å². The van der Waals surface area contributed by atoms with Crippen molar-refractivity contribution in [2.75, 3.05) is 39.6 Å². The number of carbonyl (C=O) groups excluding carboxylic acids is 4. The van der Waals surface area contributed by atoms with E-state index in [1.54, 1.807) is 0 Å². The lowest BCUT2D eigenvalue weighted by molar-refractivity contribution is -0.161. The number of aliphatic hydroxyl groups is 1. The summed E-state index contributed by atoms with van der Waals surface area (Å²) in [7, 11) is -9.88. The number of phosphoric ester groups is 2. The molecule has 0 aliphatic rings. The molecule has 0 saturated carbocycles. The first-order valence-electron chi connectivity index (χ1n) is 34.1. The quantitative estimate of drug-likeness (QED) is 0.0222. The monoisotopic (exact) mass is 1240 g/mol. The highest BCUT2D eigenvalue weighted by atomic mass is 31.2. The van der Waals surface area contributed by atoms with Crippen LogP contribution in [-0.2, 0) is 65.4 Å². The Balaban J connectivity index is 5.22. The van der Waals surface area contributed by atoms with E-state index in [1.165, 1.54) is 154 Å². The lowest BCUT2D eigenvalue weighted by Crippen LogP contribution is -2.30. The summed E-state index contributed by atoms with van der Waals surface area (Å²) >= 11 is 0. The standard InChI is InChI=1S/C65H126O17P2/c1-6-9-12-15-18-21-23-24-25-26-28-31-34-40-45-50-64(69)81-60(54-76-63(68)49-44-39-33-30-27-22-19-16-13-10-7-2)56-79-83(71,72)77-52-59(66)53-78-84(73,74)80-57-61(82-65(70)51-46-41-36-35-37-42-47-58(4)5)55-75-62(67)48-43-38-32-29-20-17-14-11-8-3/h58-61,66H,6-57H2,1-5H3,(H,71,72)(H,73,74)/t59-,60-,61-/m1/s1. The van der Waals surface area contributed by atoms with E-state index in [0.29, 0.717) is 31.6 Å². The normalized spacial score (nSPS) is 14.2. The predicted molar refractivity (Wildman–Crippen MR) is 335 cm³/mol. The Hall–Kier alpha value is -1.94. The van der Waals surface area contributed by atoms with Crippen molar-refractivity contribution in [1.82, 2.24) is 0 Å². The second-order valence-electron chi connectivity index (χ2n) is 24.0. The Bertz CT molecular complexity index is 1640. The molecule has 19 heteroatoms. The summed E-state index contributed by atoms with van der Waals surface area (Å²) in [6.07, 6.45) is 43.2. The van der Waals surface area contributed by atoms with E-state index in [1.807, 2.05) is 0 Å². The van der Waals surface area contributed by atoms with Gasteiger partial charge < -0.3 is 33.8 Å². The minimum atomic E-state index is -4.94.